The highest BCUT2D eigenvalue weighted by Crippen LogP contribution is 2.53. The van der Waals surface area contributed by atoms with Crippen LogP contribution in [0.5, 0.6) is 0 Å². The molecule has 18 heavy (non-hydrogen) atoms. The van der Waals surface area contributed by atoms with Crippen molar-refractivity contribution in [3.8, 4) is 0 Å². The predicted octanol–water partition coefficient (Wildman–Crippen LogP) is 3.01. The second kappa shape index (κ2) is 4.22. The molecule has 2 rings (SSSR count). The smallest absolute Gasteiger partial charge is 0.326 e. The number of alkyl halides is 3. The Morgan fingerprint density at radius 1 is 1.44 bits per heavy atom. The van der Waals surface area contributed by atoms with E-state index in [1.165, 1.54) is 19.3 Å². The minimum atomic E-state index is -4.40. The number of halogens is 4. The van der Waals surface area contributed by atoms with Crippen LogP contribution < -0.4 is 0 Å². The molecule has 0 aliphatic heterocycles. The summed E-state index contributed by atoms with van der Waals surface area (Å²) in [5.41, 5.74) is -1.99. The van der Waals surface area contributed by atoms with Gasteiger partial charge in [-0.3, -0.25) is 4.79 Å². The van der Waals surface area contributed by atoms with E-state index in [9.17, 15) is 18.0 Å². The zero-order valence-corrected chi connectivity index (χ0v) is 11.0. The second-order valence-corrected chi connectivity index (χ2v) is 5.17. The minimum Gasteiger partial charge on any atom is -0.326 e. The van der Waals surface area contributed by atoms with Crippen LogP contribution in [0.3, 0.4) is 0 Å². The molecular weight excluding hydrogens is 313 g/mol. The number of aromatic nitrogens is 1. The SMILES string of the molecule is CN(C(=O)c1ccc(Br)cn1)C1(C(F)(F)F)CC1. The number of hydrogen-bond acceptors (Lipinski definition) is 2. The van der Waals surface area contributed by atoms with Gasteiger partial charge in [0.25, 0.3) is 5.91 Å². The summed E-state index contributed by atoms with van der Waals surface area (Å²) < 4.78 is 39.3. The predicted molar refractivity (Wildman–Crippen MR) is 62.1 cm³/mol. The average Bonchev–Trinajstić information content (AvgIpc) is 3.08. The maximum atomic E-state index is 12.9. The van der Waals surface area contributed by atoms with Crippen LogP contribution in [0.4, 0.5) is 13.2 Å². The van der Waals surface area contributed by atoms with Crippen LogP contribution in [0.2, 0.25) is 0 Å². The van der Waals surface area contributed by atoms with Crippen molar-refractivity contribution >= 4 is 21.8 Å². The lowest BCUT2D eigenvalue weighted by Crippen LogP contribution is -2.49. The molecule has 1 fully saturated rings. The molecule has 1 aliphatic rings. The maximum absolute atomic E-state index is 12.9. The van der Waals surface area contributed by atoms with E-state index in [1.54, 1.807) is 6.07 Å². The van der Waals surface area contributed by atoms with Gasteiger partial charge in [0, 0.05) is 17.7 Å². The Morgan fingerprint density at radius 3 is 2.44 bits per heavy atom. The molecule has 0 unspecified atom stereocenters. The molecule has 1 aliphatic carbocycles. The molecule has 0 atom stereocenters. The van der Waals surface area contributed by atoms with E-state index >= 15 is 0 Å². The van der Waals surface area contributed by atoms with Crippen molar-refractivity contribution in [2.24, 2.45) is 0 Å². The summed E-state index contributed by atoms with van der Waals surface area (Å²) in [5.74, 6) is -0.711. The number of pyridine rings is 1. The molecule has 0 N–H and O–H groups in total. The summed E-state index contributed by atoms with van der Waals surface area (Å²) >= 11 is 3.15. The molecule has 1 saturated carbocycles. The summed E-state index contributed by atoms with van der Waals surface area (Å²) in [6, 6.07) is 2.97. The Hall–Kier alpha value is -1.11. The van der Waals surface area contributed by atoms with Gasteiger partial charge in [-0.1, -0.05) is 0 Å². The summed E-state index contributed by atoms with van der Waals surface area (Å²) in [5, 5.41) is 0. The number of rotatable bonds is 2. The van der Waals surface area contributed by atoms with E-state index in [0.29, 0.717) is 4.47 Å². The van der Waals surface area contributed by atoms with Gasteiger partial charge >= 0.3 is 6.18 Å². The van der Waals surface area contributed by atoms with Gasteiger partial charge in [-0.2, -0.15) is 13.2 Å². The number of amides is 1. The number of hydrogen-bond donors (Lipinski definition) is 0. The van der Waals surface area contributed by atoms with Gasteiger partial charge in [0.1, 0.15) is 11.2 Å². The quantitative estimate of drug-likeness (QED) is 0.838. The molecule has 98 valence electrons. The van der Waals surface area contributed by atoms with E-state index in [0.717, 1.165) is 4.90 Å². The molecule has 0 radical (unpaired) electrons. The second-order valence-electron chi connectivity index (χ2n) is 4.26. The van der Waals surface area contributed by atoms with Crippen LogP contribution in [-0.2, 0) is 0 Å². The third kappa shape index (κ3) is 2.11. The topological polar surface area (TPSA) is 33.2 Å². The van der Waals surface area contributed by atoms with Crippen molar-refractivity contribution in [2.45, 2.75) is 24.6 Å². The molecule has 1 heterocycles. The number of carbonyl (C=O) groups excluding carboxylic acids is 1. The Kier molecular flexibility index (Phi) is 3.12. The first-order valence-corrected chi connectivity index (χ1v) is 6.04. The fourth-order valence-corrected chi connectivity index (χ4v) is 2.03. The fraction of sp³-hybridized carbons (Fsp3) is 0.455. The van der Waals surface area contributed by atoms with E-state index in [1.807, 2.05) is 0 Å². The lowest BCUT2D eigenvalue weighted by molar-refractivity contribution is -0.185. The maximum Gasteiger partial charge on any atom is 0.411 e. The first kappa shape index (κ1) is 13.3. The molecule has 1 aromatic heterocycles. The van der Waals surface area contributed by atoms with Crippen LogP contribution in [-0.4, -0.2) is 34.6 Å². The van der Waals surface area contributed by atoms with Crippen molar-refractivity contribution in [3.05, 3.63) is 28.5 Å². The Labute approximate surface area is 110 Å². The highest BCUT2D eigenvalue weighted by molar-refractivity contribution is 9.10. The minimum absolute atomic E-state index is 0.0104. The van der Waals surface area contributed by atoms with Crippen LogP contribution in [0.1, 0.15) is 23.3 Å². The first-order chi connectivity index (χ1) is 8.28. The normalized spacial score (nSPS) is 17.4. The Bertz CT molecular complexity index is 468. The number of nitrogens with zero attached hydrogens (tertiary/aromatic N) is 2. The molecular formula is C11H10BrF3N2O. The van der Waals surface area contributed by atoms with Crippen LogP contribution in [0.25, 0.3) is 0 Å². The van der Waals surface area contributed by atoms with Gasteiger partial charge in [0.2, 0.25) is 0 Å². The van der Waals surface area contributed by atoms with Crippen molar-refractivity contribution in [2.75, 3.05) is 7.05 Å². The van der Waals surface area contributed by atoms with Crippen molar-refractivity contribution in [3.63, 3.8) is 0 Å². The average molecular weight is 323 g/mol. The summed E-state index contributed by atoms with van der Waals surface area (Å²) in [4.78, 5) is 16.5. The summed E-state index contributed by atoms with van der Waals surface area (Å²) in [6.45, 7) is 0. The van der Waals surface area contributed by atoms with Crippen molar-refractivity contribution < 1.29 is 18.0 Å². The fourth-order valence-electron chi connectivity index (χ4n) is 1.80. The van der Waals surface area contributed by atoms with Gasteiger partial charge in [-0.15, -0.1) is 0 Å². The van der Waals surface area contributed by atoms with Gasteiger partial charge in [0.15, 0.2) is 0 Å². The molecule has 3 nitrogen and oxygen atoms in total. The van der Waals surface area contributed by atoms with Crippen molar-refractivity contribution in [1.29, 1.82) is 0 Å². The summed E-state index contributed by atoms with van der Waals surface area (Å²) in [6.07, 6.45) is -3.11. The van der Waals surface area contributed by atoms with Crippen LogP contribution >= 0.6 is 15.9 Å². The van der Waals surface area contributed by atoms with Crippen molar-refractivity contribution in [1.82, 2.24) is 9.88 Å². The largest absolute Gasteiger partial charge is 0.411 e. The monoisotopic (exact) mass is 322 g/mol. The zero-order chi connectivity index (χ0) is 13.6. The van der Waals surface area contributed by atoms with Gasteiger partial charge in [-0.25, -0.2) is 4.98 Å². The molecule has 0 aromatic carbocycles. The third-order valence-corrected chi connectivity index (χ3v) is 3.61. The Morgan fingerprint density at radius 2 is 2.06 bits per heavy atom. The highest BCUT2D eigenvalue weighted by atomic mass is 79.9. The molecule has 1 aromatic rings. The molecule has 7 heteroatoms. The van der Waals surface area contributed by atoms with Gasteiger partial charge < -0.3 is 4.90 Å². The van der Waals surface area contributed by atoms with E-state index in [2.05, 4.69) is 20.9 Å². The first-order valence-electron chi connectivity index (χ1n) is 5.24. The molecule has 0 spiro atoms. The van der Waals surface area contributed by atoms with Gasteiger partial charge in [-0.05, 0) is 40.9 Å². The lowest BCUT2D eigenvalue weighted by Gasteiger charge is -2.29. The molecule has 0 saturated heterocycles. The van der Waals surface area contributed by atoms with E-state index in [-0.39, 0.29) is 18.5 Å². The van der Waals surface area contributed by atoms with Crippen LogP contribution in [0.15, 0.2) is 22.8 Å². The molecule has 0 bridgehead atoms. The zero-order valence-electron chi connectivity index (χ0n) is 9.46. The van der Waals surface area contributed by atoms with E-state index < -0.39 is 17.6 Å². The van der Waals surface area contributed by atoms with Gasteiger partial charge in [0.05, 0.1) is 0 Å². The lowest BCUT2D eigenvalue weighted by atomic mass is 10.2. The number of carbonyl (C=O) groups is 1. The third-order valence-electron chi connectivity index (χ3n) is 3.14. The van der Waals surface area contributed by atoms with Crippen LogP contribution in [0, 0.1) is 0 Å². The van der Waals surface area contributed by atoms with E-state index in [4.69, 9.17) is 0 Å². The summed E-state index contributed by atoms with van der Waals surface area (Å²) in [7, 11) is 1.17. The Balaban J connectivity index is 2.22. The molecule has 1 amide bonds. The standard InChI is InChI=1S/C11H10BrF3N2O/c1-17(10(4-5-10)11(13,14)15)9(18)8-3-2-7(12)6-16-8/h2-3,6H,4-5H2,1H3. The highest BCUT2D eigenvalue weighted by Gasteiger charge is 2.67.